The van der Waals surface area contributed by atoms with Crippen LogP contribution >= 0.6 is 24.0 Å². The Morgan fingerprint density at radius 1 is 1.32 bits per heavy atom. The molecular weight excluding hydrogens is 398 g/mol. The number of rotatable bonds is 10. The summed E-state index contributed by atoms with van der Waals surface area (Å²) in [5, 5.41) is 39.4. The fourth-order valence-corrected chi connectivity index (χ4v) is 3.25. The topological polar surface area (TPSA) is 178 Å². The Balaban J connectivity index is 2.46. The summed E-state index contributed by atoms with van der Waals surface area (Å²) in [7, 11) is -3.52. The van der Waals surface area contributed by atoms with E-state index in [2.05, 4.69) is 22.3 Å². The monoisotopic (exact) mass is 417 g/mol. The van der Waals surface area contributed by atoms with E-state index in [0.29, 0.717) is 0 Å². The molecule has 0 bridgehead atoms. The maximum Gasteiger partial charge on any atom is 0.294 e. The van der Waals surface area contributed by atoms with E-state index in [1.807, 2.05) is 5.48 Å². The van der Waals surface area contributed by atoms with Gasteiger partial charge in [-0.1, -0.05) is 0 Å². The zero-order chi connectivity index (χ0) is 19.2. The average Bonchev–Trinajstić information content (AvgIpc) is 2.98. The predicted octanol–water partition coefficient (Wildman–Crippen LogP) is -2.45. The van der Waals surface area contributed by atoms with Gasteiger partial charge < -0.3 is 20.4 Å². The van der Waals surface area contributed by atoms with E-state index in [9.17, 15) is 33.6 Å². The molecule has 1 aromatic rings. The molecular formula is C11H19N3O8S3. The van der Waals surface area contributed by atoms with Gasteiger partial charge in [0.15, 0.2) is 5.13 Å². The number of thiazole rings is 1. The van der Waals surface area contributed by atoms with Crippen LogP contribution in [0.2, 0.25) is 0 Å². The van der Waals surface area contributed by atoms with E-state index < -0.39 is 47.0 Å². The van der Waals surface area contributed by atoms with Crippen molar-refractivity contribution in [2.75, 3.05) is 23.3 Å². The molecule has 6 N–H and O–H groups in total. The van der Waals surface area contributed by atoms with Crippen molar-refractivity contribution in [2.24, 2.45) is 0 Å². The lowest BCUT2D eigenvalue weighted by Crippen LogP contribution is -2.47. The van der Waals surface area contributed by atoms with E-state index in [-0.39, 0.29) is 16.6 Å². The lowest BCUT2D eigenvalue weighted by Gasteiger charge is -2.25. The number of hydrogen-bond donors (Lipinski definition) is 7. The number of amides is 1. The molecule has 1 heterocycles. The van der Waals surface area contributed by atoms with Crippen LogP contribution < -0.4 is 10.2 Å². The summed E-state index contributed by atoms with van der Waals surface area (Å²) in [6.45, 7) is -0.582. The first-order chi connectivity index (χ1) is 11.5. The van der Waals surface area contributed by atoms with Crippen LogP contribution in [0, 0.1) is 0 Å². The molecule has 0 fully saturated rings. The second kappa shape index (κ2) is 9.63. The lowest BCUT2D eigenvalue weighted by atomic mass is 10.0. The van der Waals surface area contributed by atoms with E-state index >= 15 is 0 Å². The van der Waals surface area contributed by atoms with Crippen molar-refractivity contribution in [3.05, 3.63) is 11.1 Å². The number of thiol groups is 1. The SMILES string of the molecule is CS(=O)(=O)Nc1nc(C(=O)NOCC(O)C(O)C(O)C(O)CS)cs1. The van der Waals surface area contributed by atoms with E-state index in [1.54, 1.807) is 0 Å². The predicted molar refractivity (Wildman–Crippen MR) is 91.9 cm³/mol. The van der Waals surface area contributed by atoms with E-state index in [0.717, 1.165) is 17.6 Å². The van der Waals surface area contributed by atoms with Gasteiger partial charge in [-0.15, -0.1) is 11.3 Å². The maximum absolute atomic E-state index is 11.8. The number of aromatic nitrogens is 1. The number of carbonyl (C=O) groups excluding carboxylic acids is 1. The number of sulfonamides is 1. The van der Waals surface area contributed by atoms with Crippen molar-refractivity contribution >= 4 is 45.0 Å². The molecule has 14 heteroatoms. The highest BCUT2D eigenvalue weighted by molar-refractivity contribution is 7.92. The molecule has 0 aliphatic rings. The van der Waals surface area contributed by atoms with Crippen LogP contribution in [0.4, 0.5) is 5.13 Å². The first-order valence-electron chi connectivity index (χ1n) is 6.73. The quantitative estimate of drug-likeness (QED) is 0.161. The van der Waals surface area contributed by atoms with Crippen molar-refractivity contribution in [1.29, 1.82) is 0 Å². The van der Waals surface area contributed by atoms with Gasteiger partial charge in [0, 0.05) is 11.1 Å². The van der Waals surface area contributed by atoms with Crippen molar-refractivity contribution < 1.29 is 38.5 Å². The fraction of sp³-hybridized carbons (Fsp3) is 0.636. The highest BCUT2D eigenvalue weighted by Gasteiger charge is 2.30. The van der Waals surface area contributed by atoms with Crippen LogP contribution in [0.5, 0.6) is 0 Å². The van der Waals surface area contributed by atoms with Crippen molar-refractivity contribution in [3.63, 3.8) is 0 Å². The molecule has 0 saturated heterocycles. The highest BCUT2D eigenvalue weighted by atomic mass is 32.2. The third-order valence-electron chi connectivity index (χ3n) is 2.75. The Labute approximate surface area is 153 Å². The molecule has 11 nitrogen and oxygen atoms in total. The molecule has 1 aromatic heterocycles. The summed E-state index contributed by atoms with van der Waals surface area (Å²) < 4.78 is 24.2. The largest absolute Gasteiger partial charge is 0.389 e. The van der Waals surface area contributed by atoms with Gasteiger partial charge in [0.1, 0.15) is 30.6 Å². The number of anilines is 1. The molecule has 4 unspecified atom stereocenters. The van der Waals surface area contributed by atoms with Crippen LogP contribution in [0.3, 0.4) is 0 Å². The average molecular weight is 417 g/mol. The number of hydrogen-bond acceptors (Lipinski definition) is 11. The summed E-state index contributed by atoms with van der Waals surface area (Å²) in [6, 6.07) is 0. The minimum absolute atomic E-state index is 0.00743. The number of hydroxylamine groups is 1. The number of carbonyl (C=O) groups is 1. The summed E-state index contributed by atoms with van der Waals surface area (Å²) >= 11 is 4.63. The molecule has 4 atom stereocenters. The van der Waals surface area contributed by atoms with Gasteiger partial charge in [-0.25, -0.2) is 18.9 Å². The van der Waals surface area contributed by atoms with Crippen molar-refractivity contribution in [2.45, 2.75) is 24.4 Å². The first kappa shape index (κ1) is 22.0. The minimum atomic E-state index is -3.52. The molecule has 1 rings (SSSR count). The van der Waals surface area contributed by atoms with Crippen molar-refractivity contribution in [1.82, 2.24) is 10.5 Å². The summed E-state index contributed by atoms with van der Waals surface area (Å²) in [5.74, 6) is -0.939. The number of aliphatic hydroxyl groups is 4. The molecule has 25 heavy (non-hydrogen) atoms. The second-order valence-corrected chi connectivity index (χ2v) is 7.92. The van der Waals surface area contributed by atoms with Gasteiger partial charge in [-0.05, 0) is 0 Å². The maximum atomic E-state index is 11.8. The summed E-state index contributed by atoms with van der Waals surface area (Å²) in [5.41, 5.74) is 1.81. The molecule has 0 saturated carbocycles. The zero-order valence-electron chi connectivity index (χ0n) is 12.9. The third-order valence-corrected chi connectivity index (χ3v) is 4.58. The number of nitrogens with one attached hydrogen (secondary N) is 2. The van der Waals surface area contributed by atoms with Crippen LogP contribution in [0.1, 0.15) is 10.5 Å². The highest BCUT2D eigenvalue weighted by Crippen LogP contribution is 2.16. The molecule has 1 amide bonds. The van der Waals surface area contributed by atoms with Crippen LogP contribution in [0.25, 0.3) is 0 Å². The fourth-order valence-electron chi connectivity index (χ4n) is 1.49. The molecule has 0 aromatic carbocycles. The normalized spacial score (nSPS) is 16.7. The van der Waals surface area contributed by atoms with Gasteiger partial charge in [0.05, 0.1) is 12.4 Å². The Bertz CT molecular complexity index is 667. The first-order valence-corrected chi connectivity index (χ1v) is 10.1. The Morgan fingerprint density at radius 2 is 1.92 bits per heavy atom. The van der Waals surface area contributed by atoms with Gasteiger partial charge in [0.25, 0.3) is 5.91 Å². The van der Waals surface area contributed by atoms with E-state index in [1.165, 1.54) is 5.38 Å². The Morgan fingerprint density at radius 3 is 2.48 bits per heavy atom. The smallest absolute Gasteiger partial charge is 0.294 e. The van der Waals surface area contributed by atoms with Crippen LogP contribution in [-0.4, -0.2) is 82.8 Å². The van der Waals surface area contributed by atoms with Crippen LogP contribution in [-0.2, 0) is 14.9 Å². The third kappa shape index (κ3) is 7.41. The minimum Gasteiger partial charge on any atom is -0.389 e. The molecule has 0 radical (unpaired) electrons. The van der Waals surface area contributed by atoms with Crippen LogP contribution in [0.15, 0.2) is 5.38 Å². The lowest BCUT2D eigenvalue weighted by molar-refractivity contribution is -0.123. The second-order valence-electron chi connectivity index (χ2n) is 4.95. The summed E-state index contributed by atoms with van der Waals surface area (Å²) in [6.07, 6.45) is -5.37. The van der Waals surface area contributed by atoms with Gasteiger partial charge >= 0.3 is 0 Å². The Hall–Kier alpha value is -1.00. The van der Waals surface area contributed by atoms with Gasteiger partial charge in [-0.2, -0.15) is 12.6 Å². The summed E-state index contributed by atoms with van der Waals surface area (Å²) in [4.78, 5) is 20.2. The molecule has 144 valence electrons. The number of aliphatic hydroxyl groups excluding tert-OH is 4. The molecule has 0 aliphatic heterocycles. The molecule has 0 aliphatic carbocycles. The standard InChI is InChI=1S/C11H19N3O8S3/c1-25(20,21)14-11-12-5(4-24-11)10(19)13-22-2-6(15)8(17)9(18)7(16)3-23/h4,6-9,15-18,23H,2-3H2,1H3,(H,12,14)(H,13,19). The van der Waals surface area contributed by atoms with Gasteiger partial charge in [-0.3, -0.25) is 14.4 Å². The molecule has 0 spiro atoms. The van der Waals surface area contributed by atoms with Gasteiger partial charge in [0.2, 0.25) is 10.0 Å². The Kier molecular flexibility index (Phi) is 8.49. The zero-order valence-corrected chi connectivity index (χ0v) is 15.5. The van der Waals surface area contributed by atoms with Crippen molar-refractivity contribution in [3.8, 4) is 0 Å². The number of nitrogens with zero attached hydrogens (tertiary/aromatic N) is 1. The van der Waals surface area contributed by atoms with E-state index in [4.69, 9.17) is 4.84 Å².